The molecule has 1 saturated heterocycles. The SMILES string of the molecule is O=C(CCCCc1nc2cc(SN3CCCCC3)ccc2[nH]c1=O)OF. The molecule has 1 aromatic carbocycles. The summed E-state index contributed by atoms with van der Waals surface area (Å²) in [7, 11) is 0. The maximum absolute atomic E-state index is 12.1. The highest BCUT2D eigenvalue weighted by Crippen LogP contribution is 2.27. The van der Waals surface area contributed by atoms with Crippen LogP contribution in [0.25, 0.3) is 11.0 Å². The van der Waals surface area contributed by atoms with Gasteiger partial charge in [0, 0.05) is 28.9 Å². The molecule has 1 aromatic heterocycles. The van der Waals surface area contributed by atoms with Crippen LogP contribution in [-0.4, -0.2) is 33.3 Å². The van der Waals surface area contributed by atoms with Crippen molar-refractivity contribution in [3.05, 3.63) is 34.2 Å². The van der Waals surface area contributed by atoms with Crippen molar-refractivity contribution in [2.75, 3.05) is 13.1 Å². The second-order valence-electron chi connectivity index (χ2n) is 6.43. The molecule has 0 amide bonds. The number of hydrogen-bond donors (Lipinski definition) is 1. The van der Waals surface area contributed by atoms with Gasteiger partial charge in [-0.05, 0) is 62.3 Å². The molecular formula is C18H22FN3O3S. The summed E-state index contributed by atoms with van der Waals surface area (Å²) >= 11 is 1.73. The molecule has 140 valence electrons. The molecule has 6 nitrogen and oxygen atoms in total. The van der Waals surface area contributed by atoms with E-state index in [2.05, 4.69) is 19.2 Å². The maximum Gasteiger partial charge on any atom is 0.348 e. The molecule has 0 spiro atoms. The Bertz CT molecular complexity index is 821. The lowest BCUT2D eigenvalue weighted by Gasteiger charge is -2.25. The van der Waals surface area contributed by atoms with E-state index in [-0.39, 0.29) is 12.0 Å². The Labute approximate surface area is 155 Å². The van der Waals surface area contributed by atoms with Crippen molar-refractivity contribution in [2.24, 2.45) is 0 Å². The average Bonchev–Trinajstić information content (AvgIpc) is 2.66. The topological polar surface area (TPSA) is 75.3 Å². The summed E-state index contributed by atoms with van der Waals surface area (Å²) in [5.74, 6) is -0.884. The number of rotatable bonds is 7. The molecule has 8 heteroatoms. The largest absolute Gasteiger partial charge is 0.348 e. The molecule has 1 fully saturated rings. The highest BCUT2D eigenvalue weighted by Gasteiger charge is 2.13. The molecule has 0 bridgehead atoms. The number of aromatic amines is 1. The third-order valence-corrected chi connectivity index (χ3v) is 5.50. The third-order valence-electron chi connectivity index (χ3n) is 4.41. The molecule has 0 atom stereocenters. The third kappa shape index (κ3) is 5.04. The number of nitrogens with one attached hydrogen (secondary N) is 1. The number of aromatic nitrogens is 2. The van der Waals surface area contributed by atoms with E-state index in [1.165, 1.54) is 19.3 Å². The van der Waals surface area contributed by atoms with Gasteiger partial charge in [0.2, 0.25) is 0 Å². The number of carbonyl (C=O) groups is 1. The van der Waals surface area contributed by atoms with E-state index >= 15 is 0 Å². The molecule has 0 radical (unpaired) electrons. The van der Waals surface area contributed by atoms with E-state index in [1.807, 2.05) is 18.2 Å². The van der Waals surface area contributed by atoms with Gasteiger partial charge in [0.25, 0.3) is 5.56 Å². The van der Waals surface area contributed by atoms with Crippen molar-refractivity contribution in [1.82, 2.24) is 14.3 Å². The van der Waals surface area contributed by atoms with Crippen molar-refractivity contribution < 1.29 is 14.3 Å². The van der Waals surface area contributed by atoms with Gasteiger partial charge in [0.15, 0.2) is 0 Å². The molecular weight excluding hydrogens is 357 g/mol. The van der Waals surface area contributed by atoms with Crippen LogP contribution in [0.3, 0.4) is 0 Å². The number of halogens is 1. The van der Waals surface area contributed by atoms with Crippen molar-refractivity contribution in [2.45, 2.75) is 49.8 Å². The molecule has 0 aliphatic carbocycles. The molecule has 1 aliphatic heterocycles. The van der Waals surface area contributed by atoms with Crippen molar-refractivity contribution in [1.29, 1.82) is 0 Å². The summed E-state index contributed by atoms with van der Waals surface area (Å²) in [6.07, 6.45) is 5.21. The number of piperidine rings is 1. The number of fused-ring (bicyclic) bond motifs is 1. The fourth-order valence-electron chi connectivity index (χ4n) is 3.03. The normalized spacial score (nSPS) is 15.3. The monoisotopic (exact) mass is 379 g/mol. The van der Waals surface area contributed by atoms with Gasteiger partial charge in [-0.15, -0.1) is 0 Å². The lowest BCUT2D eigenvalue weighted by molar-refractivity contribution is -0.183. The Hall–Kier alpha value is -1.93. The predicted molar refractivity (Wildman–Crippen MR) is 98.4 cm³/mol. The van der Waals surface area contributed by atoms with Crippen LogP contribution in [0, 0.1) is 0 Å². The number of H-pyrrole nitrogens is 1. The minimum Gasteiger partial charge on any atom is -0.319 e. The van der Waals surface area contributed by atoms with Crippen LogP contribution in [0.1, 0.15) is 44.2 Å². The number of carbonyl (C=O) groups excluding carboxylic acids is 1. The predicted octanol–water partition coefficient (Wildman–Crippen LogP) is 3.56. The first-order chi connectivity index (χ1) is 12.7. The molecule has 1 aliphatic rings. The van der Waals surface area contributed by atoms with E-state index in [1.54, 1.807) is 11.9 Å². The molecule has 0 unspecified atom stereocenters. The van der Waals surface area contributed by atoms with Crippen molar-refractivity contribution in [3.63, 3.8) is 0 Å². The van der Waals surface area contributed by atoms with Crippen molar-refractivity contribution in [3.8, 4) is 0 Å². The zero-order valence-corrected chi connectivity index (χ0v) is 15.3. The first kappa shape index (κ1) is 18.8. The molecule has 0 saturated carbocycles. The minimum absolute atomic E-state index is 0.00138. The Morgan fingerprint density at radius 2 is 2.08 bits per heavy atom. The molecule has 26 heavy (non-hydrogen) atoms. The van der Waals surface area contributed by atoms with Gasteiger partial charge >= 0.3 is 5.97 Å². The van der Waals surface area contributed by atoms with Crippen LogP contribution in [-0.2, 0) is 16.2 Å². The quantitative estimate of drug-likeness (QED) is 0.586. The molecule has 3 rings (SSSR count). The zero-order valence-electron chi connectivity index (χ0n) is 14.5. The maximum atomic E-state index is 12.1. The van der Waals surface area contributed by atoms with Crippen LogP contribution < -0.4 is 5.56 Å². The standard InChI is InChI=1S/C18H22FN3O3S/c19-25-17(23)7-3-2-6-15-18(24)21-14-9-8-13(12-16(14)20-15)26-22-10-4-1-5-11-22/h8-9,12H,1-7,10-11H2,(H,21,24). The second kappa shape index (κ2) is 9.14. The summed E-state index contributed by atoms with van der Waals surface area (Å²) in [5, 5.41) is 0. The van der Waals surface area contributed by atoms with E-state index in [0.29, 0.717) is 30.5 Å². The first-order valence-electron chi connectivity index (χ1n) is 8.93. The van der Waals surface area contributed by atoms with Gasteiger partial charge in [-0.1, -0.05) is 6.42 Å². The van der Waals surface area contributed by atoms with E-state index < -0.39 is 5.97 Å². The van der Waals surface area contributed by atoms with Gasteiger partial charge in [0.05, 0.1) is 11.0 Å². The van der Waals surface area contributed by atoms with Crippen LogP contribution in [0.5, 0.6) is 0 Å². The van der Waals surface area contributed by atoms with Gasteiger partial charge < -0.3 is 4.98 Å². The summed E-state index contributed by atoms with van der Waals surface area (Å²) in [6, 6.07) is 5.88. The molecule has 2 heterocycles. The second-order valence-corrected chi connectivity index (χ2v) is 7.60. The first-order valence-corrected chi connectivity index (χ1v) is 9.70. The lowest BCUT2D eigenvalue weighted by atomic mass is 10.1. The molecule has 2 aromatic rings. The number of unbranched alkanes of at least 4 members (excludes halogenated alkanes) is 1. The Balaban J connectivity index is 1.68. The smallest absolute Gasteiger partial charge is 0.319 e. The number of hydrogen-bond acceptors (Lipinski definition) is 6. The van der Waals surface area contributed by atoms with Crippen LogP contribution in [0.15, 0.2) is 27.9 Å². The van der Waals surface area contributed by atoms with E-state index in [9.17, 15) is 14.1 Å². The minimum atomic E-state index is -0.884. The van der Waals surface area contributed by atoms with Crippen LogP contribution in [0.4, 0.5) is 4.53 Å². The average molecular weight is 379 g/mol. The van der Waals surface area contributed by atoms with Crippen LogP contribution in [0.2, 0.25) is 0 Å². The summed E-state index contributed by atoms with van der Waals surface area (Å²) in [4.78, 5) is 34.5. The highest BCUT2D eigenvalue weighted by atomic mass is 32.2. The summed E-state index contributed by atoms with van der Waals surface area (Å²) < 4.78 is 14.0. The van der Waals surface area contributed by atoms with Gasteiger partial charge in [-0.2, -0.15) is 0 Å². The summed E-state index contributed by atoms with van der Waals surface area (Å²) in [5.41, 5.74) is 1.68. The summed E-state index contributed by atoms with van der Waals surface area (Å²) in [6.45, 7) is 2.18. The fraction of sp³-hybridized carbons (Fsp3) is 0.500. The van der Waals surface area contributed by atoms with Crippen LogP contribution >= 0.6 is 11.9 Å². The number of benzene rings is 1. The zero-order chi connectivity index (χ0) is 18.4. The Morgan fingerprint density at radius 1 is 1.27 bits per heavy atom. The van der Waals surface area contributed by atoms with Gasteiger partial charge in [-0.25, -0.2) is 14.1 Å². The number of aryl methyl sites for hydroxylation is 1. The van der Waals surface area contributed by atoms with Crippen molar-refractivity contribution >= 4 is 29.0 Å². The van der Waals surface area contributed by atoms with Gasteiger partial charge in [-0.3, -0.25) is 9.74 Å². The Morgan fingerprint density at radius 3 is 2.85 bits per heavy atom. The lowest BCUT2D eigenvalue weighted by Crippen LogP contribution is -2.22. The molecule has 1 N–H and O–H groups in total. The highest BCUT2D eigenvalue weighted by molar-refractivity contribution is 7.97. The fourth-order valence-corrected chi connectivity index (χ4v) is 4.06. The number of nitrogens with zero attached hydrogens (tertiary/aromatic N) is 2. The van der Waals surface area contributed by atoms with E-state index in [4.69, 9.17) is 0 Å². The Kier molecular flexibility index (Phi) is 6.62. The van der Waals surface area contributed by atoms with Gasteiger partial charge in [0.1, 0.15) is 5.69 Å². The van der Waals surface area contributed by atoms with E-state index in [0.717, 1.165) is 23.5 Å².